The van der Waals surface area contributed by atoms with E-state index >= 15 is 0 Å². The fourth-order valence-electron chi connectivity index (χ4n) is 2.02. The maximum absolute atomic E-state index is 9.14. The zero-order chi connectivity index (χ0) is 15.3. The number of rotatable bonds is 5. The monoisotopic (exact) mass is 296 g/mol. The van der Waals surface area contributed by atoms with Crippen LogP contribution in [0.15, 0.2) is 53.4 Å². The van der Waals surface area contributed by atoms with Crippen molar-refractivity contribution >= 4 is 17.4 Å². The van der Waals surface area contributed by atoms with Gasteiger partial charge in [-0.3, -0.25) is 0 Å². The molecule has 3 heteroatoms. The van der Waals surface area contributed by atoms with Crippen LogP contribution in [-0.4, -0.2) is 6.26 Å². The minimum atomic E-state index is -0.438. The quantitative estimate of drug-likeness (QED) is 0.803. The van der Waals surface area contributed by atoms with Crippen LogP contribution in [0.1, 0.15) is 25.0 Å². The molecule has 108 valence electrons. The van der Waals surface area contributed by atoms with E-state index in [9.17, 15) is 0 Å². The van der Waals surface area contributed by atoms with Gasteiger partial charge >= 0.3 is 0 Å². The number of nitrogens with one attached hydrogen (secondary N) is 1. The summed E-state index contributed by atoms with van der Waals surface area (Å²) >= 11 is 1.75. The largest absolute Gasteiger partial charge is 0.381 e. The van der Waals surface area contributed by atoms with E-state index in [2.05, 4.69) is 41.9 Å². The molecule has 0 aliphatic carbocycles. The lowest BCUT2D eigenvalue weighted by Gasteiger charge is -2.16. The van der Waals surface area contributed by atoms with E-state index in [0.29, 0.717) is 0 Å². The van der Waals surface area contributed by atoms with Crippen molar-refractivity contribution in [2.75, 3.05) is 11.6 Å². The molecule has 0 spiro atoms. The third kappa shape index (κ3) is 4.03. The van der Waals surface area contributed by atoms with Crippen molar-refractivity contribution in [3.05, 3.63) is 59.7 Å². The molecular weight excluding hydrogens is 276 g/mol. The van der Waals surface area contributed by atoms with Crippen LogP contribution < -0.4 is 5.32 Å². The summed E-state index contributed by atoms with van der Waals surface area (Å²) in [7, 11) is 0. The van der Waals surface area contributed by atoms with Gasteiger partial charge in [-0.15, -0.1) is 11.8 Å². The number of hydrogen-bond donors (Lipinski definition) is 1. The van der Waals surface area contributed by atoms with Gasteiger partial charge in [-0.25, -0.2) is 0 Å². The molecule has 2 aromatic rings. The van der Waals surface area contributed by atoms with Crippen molar-refractivity contribution in [1.29, 1.82) is 5.26 Å². The lowest BCUT2D eigenvalue weighted by Crippen LogP contribution is -2.13. The molecule has 0 saturated carbocycles. The summed E-state index contributed by atoms with van der Waals surface area (Å²) in [5.74, 6) is 0. The second-order valence-electron chi connectivity index (χ2n) is 5.52. The zero-order valence-electron chi connectivity index (χ0n) is 12.7. The Bertz CT molecular complexity index is 622. The molecule has 0 amide bonds. The number of anilines is 1. The normalized spacial score (nSPS) is 11.0. The lowest BCUT2D eigenvalue weighted by molar-refractivity contribution is 0.687. The Labute approximate surface area is 131 Å². The Morgan fingerprint density at radius 1 is 1.05 bits per heavy atom. The van der Waals surface area contributed by atoms with Crippen LogP contribution in [0.3, 0.4) is 0 Å². The van der Waals surface area contributed by atoms with Gasteiger partial charge in [0.25, 0.3) is 0 Å². The molecule has 0 radical (unpaired) electrons. The number of nitrogens with zero attached hydrogens (tertiary/aromatic N) is 1. The molecule has 0 atom stereocenters. The molecule has 1 N–H and O–H groups in total. The number of thioether (sulfide) groups is 1. The molecule has 0 unspecified atom stereocenters. The van der Waals surface area contributed by atoms with Crippen LogP contribution in [0.25, 0.3) is 0 Å². The smallest absolute Gasteiger partial charge is 0.0766 e. The van der Waals surface area contributed by atoms with Gasteiger partial charge in [-0.1, -0.05) is 24.3 Å². The number of benzene rings is 2. The number of hydrogen-bond acceptors (Lipinski definition) is 3. The zero-order valence-corrected chi connectivity index (χ0v) is 13.5. The second kappa shape index (κ2) is 6.69. The Kier molecular flexibility index (Phi) is 4.93. The third-order valence-electron chi connectivity index (χ3n) is 3.54. The maximum atomic E-state index is 9.14. The van der Waals surface area contributed by atoms with Crippen molar-refractivity contribution in [3.8, 4) is 6.07 Å². The van der Waals surface area contributed by atoms with E-state index in [1.165, 1.54) is 10.5 Å². The van der Waals surface area contributed by atoms with Crippen LogP contribution in [0, 0.1) is 11.3 Å². The SMILES string of the molecule is CSc1ccc(CNc2ccc(C(C)(C)C#N)cc2)cc1. The van der Waals surface area contributed by atoms with Gasteiger partial charge in [0.05, 0.1) is 11.5 Å². The lowest BCUT2D eigenvalue weighted by atomic mass is 9.86. The van der Waals surface area contributed by atoms with Gasteiger partial charge in [0.15, 0.2) is 0 Å². The molecule has 0 heterocycles. The fraction of sp³-hybridized carbons (Fsp3) is 0.278. The van der Waals surface area contributed by atoms with E-state index in [1.807, 2.05) is 38.1 Å². The van der Waals surface area contributed by atoms with Gasteiger partial charge in [0.1, 0.15) is 0 Å². The third-order valence-corrected chi connectivity index (χ3v) is 4.29. The van der Waals surface area contributed by atoms with Crippen molar-refractivity contribution < 1.29 is 0 Å². The summed E-state index contributed by atoms with van der Waals surface area (Å²) in [5.41, 5.74) is 2.93. The van der Waals surface area contributed by atoms with E-state index in [4.69, 9.17) is 5.26 Å². The molecule has 0 fully saturated rings. The highest BCUT2D eigenvalue weighted by Gasteiger charge is 2.18. The maximum Gasteiger partial charge on any atom is 0.0766 e. The average Bonchev–Trinajstić information content (AvgIpc) is 2.54. The first-order valence-electron chi connectivity index (χ1n) is 6.94. The standard InChI is InChI=1S/C18H20N2S/c1-18(2,13-19)15-6-8-16(9-7-15)20-12-14-4-10-17(21-3)11-5-14/h4-11,20H,12H2,1-3H3. The van der Waals surface area contributed by atoms with Gasteiger partial charge in [-0.2, -0.15) is 5.26 Å². The Balaban J connectivity index is 1.99. The molecule has 2 aromatic carbocycles. The summed E-state index contributed by atoms with van der Waals surface area (Å²) in [6.07, 6.45) is 2.08. The predicted octanol–water partition coefficient (Wildman–Crippen LogP) is 4.82. The molecule has 2 nitrogen and oxygen atoms in total. The highest BCUT2D eigenvalue weighted by molar-refractivity contribution is 7.98. The molecule has 2 rings (SSSR count). The van der Waals surface area contributed by atoms with Crippen LogP contribution in [0.4, 0.5) is 5.69 Å². The van der Waals surface area contributed by atoms with Crippen LogP contribution in [-0.2, 0) is 12.0 Å². The van der Waals surface area contributed by atoms with Crippen molar-refractivity contribution in [2.45, 2.75) is 30.7 Å². The fourth-order valence-corrected chi connectivity index (χ4v) is 2.43. The predicted molar refractivity (Wildman–Crippen MR) is 90.6 cm³/mol. The average molecular weight is 296 g/mol. The van der Waals surface area contributed by atoms with E-state index < -0.39 is 5.41 Å². The Morgan fingerprint density at radius 3 is 2.19 bits per heavy atom. The van der Waals surface area contributed by atoms with Crippen LogP contribution in [0.5, 0.6) is 0 Å². The van der Waals surface area contributed by atoms with Crippen molar-refractivity contribution in [2.24, 2.45) is 0 Å². The summed E-state index contributed by atoms with van der Waals surface area (Å²) in [6, 6.07) is 19.0. The first-order valence-corrected chi connectivity index (χ1v) is 8.16. The highest BCUT2D eigenvalue weighted by Crippen LogP contribution is 2.23. The first kappa shape index (κ1) is 15.5. The van der Waals surface area contributed by atoms with Crippen LogP contribution >= 0.6 is 11.8 Å². The van der Waals surface area contributed by atoms with Gasteiger partial charge in [0.2, 0.25) is 0 Å². The van der Waals surface area contributed by atoms with E-state index in [0.717, 1.165) is 17.8 Å². The Hall–Kier alpha value is -1.92. The molecule has 0 aromatic heterocycles. The van der Waals surface area contributed by atoms with Gasteiger partial charge < -0.3 is 5.32 Å². The number of nitriles is 1. The summed E-state index contributed by atoms with van der Waals surface area (Å²) in [6.45, 7) is 4.67. The molecule has 0 saturated heterocycles. The summed E-state index contributed by atoms with van der Waals surface area (Å²) < 4.78 is 0. The molecular formula is C18H20N2S. The molecule has 21 heavy (non-hydrogen) atoms. The van der Waals surface area contributed by atoms with E-state index in [1.54, 1.807) is 11.8 Å². The first-order chi connectivity index (χ1) is 10.0. The Morgan fingerprint density at radius 2 is 1.67 bits per heavy atom. The molecule has 0 bridgehead atoms. The van der Waals surface area contributed by atoms with Crippen molar-refractivity contribution in [3.63, 3.8) is 0 Å². The van der Waals surface area contributed by atoms with Gasteiger partial charge in [-0.05, 0) is 55.5 Å². The highest BCUT2D eigenvalue weighted by atomic mass is 32.2. The molecule has 0 aliphatic rings. The van der Waals surface area contributed by atoms with Gasteiger partial charge in [0, 0.05) is 17.1 Å². The van der Waals surface area contributed by atoms with Crippen molar-refractivity contribution in [1.82, 2.24) is 0 Å². The van der Waals surface area contributed by atoms with E-state index in [-0.39, 0.29) is 0 Å². The second-order valence-corrected chi connectivity index (χ2v) is 6.40. The summed E-state index contributed by atoms with van der Waals surface area (Å²) in [4.78, 5) is 1.28. The van der Waals surface area contributed by atoms with Crippen LogP contribution in [0.2, 0.25) is 0 Å². The minimum absolute atomic E-state index is 0.438. The topological polar surface area (TPSA) is 35.8 Å². The summed E-state index contributed by atoms with van der Waals surface area (Å²) in [5, 5.41) is 12.5. The minimum Gasteiger partial charge on any atom is -0.381 e. The molecule has 0 aliphatic heterocycles.